The highest BCUT2D eigenvalue weighted by Gasteiger charge is 2.16. The van der Waals surface area contributed by atoms with Crippen LogP contribution in [0.4, 0.5) is 0 Å². The van der Waals surface area contributed by atoms with Crippen molar-refractivity contribution in [2.24, 2.45) is 0 Å². The van der Waals surface area contributed by atoms with E-state index in [0.29, 0.717) is 11.3 Å². The van der Waals surface area contributed by atoms with Crippen molar-refractivity contribution >= 4 is 22.6 Å². The minimum absolute atomic E-state index is 0.396. The van der Waals surface area contributed by atoms with Crippen LogP contribution in [0.5, 0.6) is 0 Å². The van der Waals surface area contributed by atoms with Crippen LogP contribution in [0.1, 0.15) is 12.5 Å². The minimum Gasteiger partial charge on any atom is -0.444 e. The summed E-state index contributed by atoms with van der Waals surface area (Å²) in [4.78, 5) is 2.43. The van der Waals surface area contributed by atoms with Gasteiger partial charge in [0.25, 0.3) is 0 Å². The van der Waals surface area contributed by atoms with Gasteiger partial charge < -0.3 is 14.5 Å². The van der Waals surface area contributed by atoms with Crippen LogP contribution in [-0.4, -0.2) is 43.8 Å². The summed E-state index contributed by atoms with van der Waals surface area (Å²) < 4.78 is 11.0. The molecule has 0 amide bonds. The Bertz CT molecular complexity index is 593. The molecule has 1 aliphatic rings. The number of ether oxygens (including phenoxy) is 1. The van der Waals surface area contributed by atoms with Crippen molar-refractivity contribution in [3.8, 4) is 0 Å². The number of nitrogens with zero attached hydrogens (tertiary/aromatic N) is 1. The molecule has 1 fully saturated rings. The van der Waals surface area contributed by atoms with Gasteiger partial charge in [-0.2, -0.15) is 0 Å². The molecule has 1 aromatic heterocycles. The van der Waals surface area contributed by atoms with Crippen LogP contribution < -0.4 is 5.32 Å². The van der Waals surface area contributed by atoms with E-state index in [-0.39, 0.29) is 0 Å². The molecule has 1 unspecified atom stereocenters. The number of morpholine rings is 1. The first-order chi connectivity index (χ1) is 10.2. The molecule has 5 heteroatoms. The highest BCUT2D eigenvalue weighted by atomic mass is 35.5. The van der Waals surface area contributed by atoms with Crippen LogP contribution in [0, 0.1) is 0 Å². The summed E-state index contributed by atoms with van der Waals surface area (Å²) in [6.07, 6.45) is 0. The van der Waals surface area contributed by atoms with Crippen molar-refractivity contribution in [1.29, 1.82) is 0 Å². The first-order valence-electron chi connectivity index (χ1n) is 7.43. The van der Waals surface area contributed by atoms with Crippen LogP contribution in [0.2, 0.25) is 5.22 Å². The van der Waals surface area contributed by atoms with E-state index in [1.54, 1.807) is 0 Å². The van der Waals surface area contributed by atoms with Gasteiger partial charge in [-0.1, -0.05) is 18.2 Å². The Balaban J connectivity index is 1.59. The lowest BCUT2D eigenvalue weighted by atomic mass is 10.1. The highest BCUT2D eigenvalue weighted by Crippen LogP contribution is 2.29. The van der Waals surface area contributed by atoms with Gasteiger partial charge in [0.15, 0.2) is 5.22 Å². The quantitative estimate of drug-likeness (QED) is 0.921. The van der Waals surface area contributed by atoms with E-state index in [1.807, 2.05) is 24.3 Å². The molecule has 1 atom stereocenters. The van der Waals surface area contributed by atoms with Crippen LogP contribution in [0.3, 0.4) is 0 Å². The van der Waals surface area contributed by atoms with E-state index in [0.717, 1.165) is 55.9 Å². The number of halogens is 1. The zero-order valence-corrected chi connectivity index (χ0v) is 13.0. The number of para-hydroxylation sites is 1. The van der Waals surface area contributed by atoms with E-state index < -0.39 is 0 Å². The Hall–Kier alpha value is -1.07. The smallest absolute Gasteiger partial charge is 0.199 e. The van der Waals surface area contributed by atoms with Gasteiger partial charge in [0.05, 0.1) is 13.2 Å². The van der Waals surface area contributed by atoms with Gasteiger partial charge in [-0.3, -0.25) is 4.90 Å². The molecule has 114 valence electrons. The summed E-state index contributed by atoms with van der Waals surface area (Å²) in [5.41, 5.74) is 1.89. The van der Waals surface area contributed by atoms with Gasteiger partial charge in [-0.15, -0.1) is 0 Å². The molecule has 0 spiro atoms. The molecule has 0 saturated carbocycles. The lowest BCUT2D eigenvalue weighted by Crippen LogP contribution is -2.44. The first kappa shape index (κ1) is 14.9. The second-order valence-corrected chi connectivity index (χ2v) is 5.89. The summed E-state index contributed by atoms with van der Waals surface area (Å²) >= 11 is 6.21. The lowest BCUT2D eigenvalue weighted by molar-refractivity contribution is 0.0343. The van der Waals surface area contributed by atoms with Crippen molar-refractivity contribution in [2.75, 3.05) is 32.8 Å². The van der Waals surface area contributed by atoms with Gasteiger partial charge in [0, 0.05) is 43.2 Å². The van der Waals surface area contributed by atoms with Crippen LogP contribution in [0.15, 0.2) is 28.7 Å². The fourth-order valence-electron chi connectivity index (χ4n) is 2.75. The van der Waals surface area contributed by atoms with Gasteiger partial charge in [0.2, 0.25) is 0 Å². The van der Waals surface area contributed by atoms with Crippen molar-refractivity contribution in [1.82, 2.24) is 10.2 Å². The second-order valence-electron chi connectivity index (χ2n) is 5.55. The SMILES string of the molecule is CC(CN1CCOCC1)NCc1c(Cl)oc2ccccc12. The summed E-state index contributed by atoms with van der Waals surface area (Å²) in [5.74, 6) is 0. The van der Waals surface area contributed by atoms with Crippen LogP contribution >= 0.6 is 11.6 Å². The van der Waals surface area contributed by atoms with E-state index in [1.165, 1.54) is 0 Å². The van der Waals surface area contributed by atoms with E-state index in [2.05, 4.69) is 17.1 Å². The molecular formula is C16H21ClN2O2. The van der Waals surface area contributed by atoms with Crippen LogP contribution in [0.25, 0.3) is 11.0 Å². The van der Waals surface area contributed by atoms with E-state index >= 15 is 0 Å². The average Bonchev–Trinajstić information content (AvgIpc) is 2.81. The summed E-state index contributed by atoms with van der Waals surface area (Å²) in [6.45, 7) is 7.66. The zero-order valence-electron chi connectivity index (χ0n) is 12.3. The molecule has 3 rings (SSSR count). The van der Waals surface area contributed by atoms with Gasteiger partial charge >= 0.3 is 0 Å². The Morgan fingerprint density at radius 2 is 2.05 bits per heavy atom. The number of hydrogen-bond donors (Lipinski definition) is 1. The van der Waals surface area contributed by atoms with Gasteiger partial charge in [0.1, 0.15) is 5.58 Å². The molecule has 1 saturated heterocycles. The van der Waals surface area contributed by atoms with Crippen molar-refractivity contribution in [3.05, 3.63) is 35.0 Å². The topological polar surface area (TPSA) is 37.6 Å². The molecule has 1 aromatic carbocycles. The molecule has 0 bridgehead atoms. The molecule has 1 aliphatic heterocycles. The third-order valence-corrected chi connectivity index (χ3v) is 4.22. The minimum atomic E-state index is 0.396. The number of rotatable bonds is 5. The van der Waals surface area contributed by atoms with Crippen LogP contribution in [-0.2, 0) is 11.3 Å². The molecular weight excluding hydrogens is 288 g/mol. The molecule has 2 heterocycles. The largest absolute Gasteiger partial charge is 0.444 e. The predicted molar refractivity (Wildman–Crippen MR) is 84.8 cm³/mol. The monoisotopic (exact) mass is 308 g/mol. The third-order valence-electron chi connectivity index (χ3n) is 3.91. The number of hydrogen-bond acceptors (Lipinski definition) is 4. The molecule has 0 aliphatic carbocycles. The lowest BCUT2D eigenvalue weighted by Gasteiger charge is -2.29. The normalized spacial score (nSPS) is 18.2. The Morgan fingerprint density at radius 3 is 2.86 bits per heavy atom. The Kier molecular flexibility index (Phi) is 4.80. The fourth-order valence-corrected chi connectivity index (χ4v) is 3.00. The highest BCUT2D eigenvalue weighted by molar-refractivity contribution is 6.30. The second kappa shape index (κ2) is 6.79. The number of nitrogens with one attached hydrogen (secondary N) is 1. The molecule has 1 N–H and O–H groups in total. The first-order valence-corrected chi connectivity index (χ1v) is 7.81. The van der Waals surface area contributed by atoms with Crippen molar-refractivity contribution < 1.29 is 9.15 Å². The maximum atomic E-state index is 6.21. The third kappa shape index (κ3) is 3.58. The average molecular weight is 309 g/mol. The van der Waals surface area contributed by atoms with Gasteiger partial charge in [-0.05, 0) is 24.6 Å². The standard InChI is InChI=1S/C16H21ClN2O2/c1-12(11-19-6-8-20-9-7-19)18-10-14-13-4-2-3-5-15(13)21-16(14)17/h2-5,12,18H,6-11H2,1H3. The van der Waals surface area contributed by atoms with Gasteiger partial charge in [-0.25, -0.2) is 0 Å². The summed E-state index contributed by atoms with van der Waals surface area (Å²) in [5, 5.41) is 5.12. The predicted octanol–water partition coefficient (Wildman–Crippen LogP) is 2.90. The maximum Gasteiger partial charge on any atom is 0.199 e. The summed E-state index contributed by atoms with van der Waals surface area (Å²) in [7, 11) is 0. The number of benzene rings is 1. The summed E-state index contributed by atoms with van der Waals surface area (Å²) in [6, 6.07) is 8.36. The Morgan fingerprint density at radius 1 is 1.29 bits per heavy atom. The molecule has 0 radical (unpaired) electrons. The zero-order chi connectivity index (χ0) is 14.7. The van der Waals surface area contributed by atoms with Crippen molar-refractivity contribution in [2.45, 2.75) is 19.5 Å². The molecule has 21 heavy (non-hydrogen) atoms. The van der Waals surface area contributed by atoms with Crippen molar-refractivity contribution in [3.63, 3.8) is 0 Å². The Labute approximate surface area is 130 Å². The number of fused-ring (bicyclic) bond motifs is 1. The maximum absolute atomic E-state index is 6.21. The van der Waals surface area contributed by atoms with E-state index in [9.17, 15) is 0 Å². The van der Waals surface area contributed by atoms with E-state index in [4.69, 9.17) is 20.8 Å². The molecule has 4 nitrogen and oxygen atoms in total. The number of furan rings is 1. The molecule has 2 aromatic rings. The fraction of sp³-hybridized carbons (Fsp3) is 0.500.